The van der Waals surface area contributed by atoms with E-state index in [0.29, 0.717) is 6.04 Å². The highest BCUT2D eigenvalue weighted by atomic mass is 15.2. The Bertz CT molecular complexity index is 516. The average molecular weight is 271 g/mol. The number of aryl methyl sites for hydroxylation is 1. The standard InChI is InChI=1S/C17H25N3/c1-4-5-7-10-14(2)18-17-19-15(3)13-20(17)16-11-8-6-9-12-16/h6,8-9,11-14H,4-5,7,10H2,1-3H3,(H,18,19). The zero-order valence-electron chi connectivity index (χ0n) is 12.8. The molecular weight excluding hydrogens is 246 g/mol. The summed E-state index contributed by atoms with van der Waals surface area (Å²) in [6.45, 7) is 6.50. The van der Waals surface area contributed by atoms with E-state index in [4.69, 9.17) is 0 Å². The highest BCUT2D eigenvalue weighted by Gasteiger charge is 2.10. The van der Waals surface area contributed by atoms with E-state index in [2.05, 4.69) is 59.2 Å². The van der Waals surface area contributed by atoms with E-state index in [1.807, 2.05) is 13.0 Å². The van der Waals surface area contributed by atoms with Crippen LogP contribution >= 0.6 is 0 Å². The zero-order chi connectivity index (χ0) is 14.4. The second-order valence-corrected chi connectivity index (χ2v) is 5.45. The second kappa shape index (κ2) is 7.13. The molecule has 1 aromatic heterocycles. The van der Waals surface area contributed by atoms with Crippen molar-refractivity contribution >= 4 is 5.95 Å². The van der Waals surface area contributed by atoms with E-state index in [0.717, 1.165) is 17.3 Å². The topological polar surface area (TPSA) is 29.9 Å². The third-order valence-electron chi connectivity index (χ3n) is 3.48. The van der Waals surface area contributed by atoms with Crippen LogP contribution in [0.25, 0.3) is 5.69 Å². The van der Waals surface area contributed by atoms with Gasteiger partial charge in [-0.25, -0.2) is 4.98 Å². The number of nitrogens with zero attached hydrogens (tertiary/aromatic N) is 2. The van der Waals surface area contributed by atoms with Gasteiger partial charge in [0, 0.05) is 17.9 Å². The minimum atomic E-state index is 0.450. The fraction of sp³-hybridized carbons (Fsp3) is 0.471. The van der Waals surface area contributed by atoms with Crippen LogP contribution < -0.4 is 5.32 Å². The maximum absolute atomic E-state index is 4.61. The summed E-state index contributed by atoms with van der Waals surface area (Å²) >= 11 is 0. The summed E-state index contributed by atoms with van der Waals surface area (Å²) < 4.78 is 2.13. The summed E-state index contributed by atoms with van der Waals surface area (Å²) in [6, 6.07) is 10.8. The van der Waals surface area contributed by atoms with Gasteiger partial charge >= 0.3 is 0 Å². The fourth-order valence-electron chi connectivity index (χ4n) is 2.38. The Labute approximate surface area is 122 Å². The van der Waals surface area contributed by atoms with Gasteiger partial charge in [0.05, 0.1) is 5.69 Å². The van der Waals surface area contributed by atoms with Crippen molar-refractivity contribution < 1.29 is 0 Å². The van der Waals surface area contributed by atoms with Crippen molar-refractivity contribution in [3.8, 4) is 5.69 Å². The van der Waals surface area contributed by atoms with Crippen LogP contribution in [0.1, 0.15) is 45.2 Å². The molecule has 0 bridgehead atoms. The molecule has 20 heavy (non-hydrogen) atoms. The van der Waals surface area contributed by atoms with Gasteiger partial charge in [0.2, 0.25) is 5.95 Å². The molecule has 1 N–H and O–H groups in total. The average Bonchev–Trinajstić information content (AvgIpc) is 2.81. The molecule has 1 aromatic carbocycles. The van der Waals surface area contributed by atoms with Crippen molar-refractivity contribution in [2.24, 2.45) is 0 Å². The lowest BCUT2D eigenvalue weighted by Gasteiger charge is -2.15. The van der Waals surface area contributed by atoms with Crippen LogP contribution in [0, 0.1) is 6.92 Å². The number of nitrogens with one attached hydrogen (secondary N) is 1. The summed E-state index contributed by atoms with van der Waals surface area (Å²) in [6.07, 6.45) is 7.11. The van der Waals surface area contributed by atoms with Crippen LogP contribution in [0.3, 0.4) is 0 Å². The van der Waals surface area contributed by atoms with Crippen molar-refractivity contribution in [1.82, 2.24) is 9.55 Å². The summed E-state index contributed by atoms with van der Waals surface area (Å²) in [5, 5.41) is 3.54. The number of aromatic nitrogens is 2. The number of unbranched alkanes of at least 4 members (excludes halogenated alkanes) is 2. The Kier molecular flexibility index (Phi) is 5.22. The van der Waals surface area contributed by atoms with Crippen molar-refractivity contribution in [2.45, 2.75) is 52.5 Å². The lowest BCUT2D eigenvalue weighted by atomic mass is 10.1. The molecule has 0 amide bonds. The monoisotopic (exact) mass is 271 g/mol. The predicted octanol–water partition coefficient (Wildman–Crippen LogP) is 4.56. The molecule has 2 aromatic rings. The molecule has 1 unspecified atom stereocenters. The lowest BCUT2D eigenvalue weighted by molar-refractivity contribution is 0.611. The molecule has 0 aliphatic carbocycles. The number of imidazole rings is 1. The minimum Gasteiger partial charge on any atom is -0.353 e. The smallest absolute Gasteiger partial charge is 0.207 e. The van der Waals surface area contributed by atoms with E-state index in [9.17, 15) is 0 Å². The molecule has 0 aliphatic rings. The Morgan fingerprint density at radius 3 is 2.65 bits per heavy atom. The first-order chi connectivity index (χ1) is 9.70. The molecule has 0 fully saturated rings. The van der Waals surface area contributed by atoms with Gasteiger partial charge < -0.3 is 5.32 Å². The van der Waals surface area contributed by atoms with Gasteiger partial charge in [0.25, 0.3) is 0 Å². The molecule has 3 heteroatoms. The molecule has 3 nitrogen and oxygen atoms in total. The highest BCUT2D eigenvalue weighted by molar-refractivity contribution is 5.43. The number of para-hydroxylation sites is 1. The summed E-state index contributed by atoms with van der Waals surface area (Å²) in [7, 11) is 0. The Morgan fingerprint density at radius 2 is 1.95 bits per heavy atom. The summed E-state index contributed by atoms with van der Waals surface area (Å²) in [5.74, 6) is 0.942. The van der Waals surface area contributed by atoms with Gasteiger partial charge in [0.15, 0.2) is 0 Å². The normalized spacial score (nSPS) is 12.3. The number of hydrogen-bond donors (Lipinski definition) is 1. The van der Waals surface area contributed by atoms with Gasteiger partial charge in [-0.15, -0.1) is 0 Å². The first-order valence-electron chi connectivity index (χ1n) is 7.58. The van der Waals surface area contributed by atoms with Gasteiger partial charge in [0.1, 0.15) is 0 Å². The number of rotatable bonds is 7. The van der Waals surface area contributed by atoms with Gasteiger partial charge in [-0.3, -0.25) is 4.57 Å². The SMILES string of the molecule is CCCCCC(C)Nc1nc(C)cn1-c1ccccc1. The predicted molar refractivity (Wildman–Crippen MR) is 85.5 cm³/mol. The van der Waals surface area contributed by atoms with Crippen LogP contribution in [-0.4, -0.2) is 15.6 Å². The Morgan fingerprint density at radius 1 is 1.20 bits per heavy atom. The minimum absolute atomic E-state index is 0.450. The maximum atomic E-state index is 4.61. The lowest BCUT2D eigenvalue weighted by Crippen LogP contribution is -2.17. The third-order valence-corrected chi connectivity index (χ3v) is 3.48. The molecule has 0 aliphatic heterocycles. The first-order valence-corrected chi connectivity index (χ1v) is 7.58. The van der Waals surface area contributed by atoms with E-state index < -0.39 is 0 Å². The van der Waals surface area contributed by atoms with E-state index in [1.54, 1.807) is 0 Å². The second-order valence-electron chi connectivity index (χ2n) is 5.45. The molecule has 0 radical (unpaired) electrons. The summed E-state index contributed by atoms with van der Waals surface area (Å²) in [4.78, 5) is 4.61. The molecular formula is C17H25N3. The van der Waals surface area contributed by atoms with E-state index in [1.165, 1.54) is 25.7 Å². The zero-order valence-corrected chi connectivity index (χ0v) is 12.8. The fourth-order valence-corrected chi connectivity index (χ4v) is 2.38. The first kappa shape index (κ1) is 14.6. The van der Waals surface area contributed by atoms with Gasteiger partial charge in [-0.05, 0) is 32.4 Å². The molecule has 2 rings (SSSR count). The Balaban J connectivity index is 2.08. The van der Waals surface area contributed by atoms with E-state index in [-0.39, 0.29) is 0 Å². The number of benzene rings is 1. The largest absolute Gasteiger partial charge is 0.353 e. The summed E-state index contributed by atoms with van der Waals surface area (Å²) in [5.41, 5.74) is 2.19. The molecule has 0 spiro atoms. The quantitative estimate of drug-likeness (QED) is 0.748. The molecule has 0 saturated heterocycles. The molecule has 1 heterocycles. The van der Waals surface area contributed by atoms with Crippen LogP contribution in [0.4, 0.5) is 5.95 Å². The van der Waals surface area contributed by atoms with Crippen LogP contribution in [0.15, 0.2) is 36.5 Å². The van der Waals surface area contributed by atoms with E-state index >= 15 is 0 Å². The van der Waals surface area contributed by atoms with Crippen molar-refractivity contribution in [2.75, 3.05) is 5.32 Å². The number of hydrogen-bond acceptors (Lipinski definition) is 2. The number of anilines is 1. The maximum Gasteiger partial charge on any atom is 0.207 e. The van der Waals surface area contributed by atoms with Crippen LogP contribution in [0.2, 0.25) is 0 Å². The molecule has 0 saturated carbocycles. The van der Waals surface area contributed by atoms with Gasteiger partial charge in [-0.1, -0.05) is 44.4 Å². The van der Waals surface area contributed by atoms with Crippen molar-refractivity contribution in [3.05, 3.63) is 42.2 Å². The van der Waals surface area contributed by atoms with Gasteiger partial charge in [-0.2, -0.15) is 0 Å². The Hall–Kier alpha value is -1.77. The molecule has 108 valence electrons. The molecule has 1 atom stereocenters. The third kappa shape index (κ3) is 3.86. The van der Waals surface area contributed by atoms with Crippen molar-refractivity contribution in [1.29, 1.82) is 0 Å². The van der Waals surface area contributed by atoms with Crippen LogP contribution in [0.5, 0.6) is 0 Å². The van der Waals surface area contributed by atoms with Crippen molar-refractivity contribution in [3.63, 3.8) is 0 Å². The highest BCUT2D eigenvalue weighted by Crippen LogP contribution is 2.18. The van der Waals surface area contributed by atoms with Crippen LogP contribution in [-0.2, 0) is 0 Å².